The molecule has 1 aromatic heterocycles. The minimum atomic E-state index is -0.312. The van der Waals surface area contributed by atoms with Crippen molar-refractivity contribution in [2.45, 2.75) is 26.7 Å². The summed E-state index contributed by atoms with van der Waals surface area (Å²) in [6.07, 6.45) is 3.08. The predicted molar refractivity (Wildman–Crippen MR) is 120 cm³/mol. The van der Waals surface area contributed by atoms with Crippen molar-refractivity contribution in [3.63, 3.8) is 0 Å². The van der Waals surface area contributed by atoms with Crippen molar-refractivity contribution < 1.29 is 18.8 Å². The van der Waals surface area contributed by atoms with Crippen LogP contribution in [0.5, 0.6) is 11.5 Å². The lowest BCUT2D eigenvalue weighted by molar-refractivity contribution is -0.111. The molecule has 0 atom stereocenters. The summed E-state index contributed by atoms with van der Waals surface area (Å²) < 4.78 is 16.0. The molecule has 3 aromatic rings. The second-order valence-corrected chi connectivity index (χ2v) is 7.29. The van der Waals surface area contributed by atoms with E-state index in [1.165, 1.54) is 13.2 Å². The number of carbonyl (C=O) groups is 1. The molecule has 0 saturated carbocycles. The first-order valence-corrected chi connectivity index (χ1v) is 10.0. The fraction of sp³-hybridized carbons (Fsp3) is 0.250. The normalized spacial score (nSPS) is 10.9. The number of benzene rings is 2. The first-order valence-electron chi connectivity index (χ1n) is 10.0. The number of aromatic nitrogens is 2. The highest BCUT2D eigenvalue weighted by molar-refractivity contribution is 6.04. The molecule has 3 rings (SSSR count). The van der Waals surface area contributed by atoms with Crippen molar-refractivity contribution in [2.75, 3.05) is 19.0 Å². The van der Waals surface area contributed by atoms with Crippen LogP contribution in [0.2, 0.25) is 0 Å². The lowest BCUT2D eigenvalue weighted by Crippen LogP contribution is -2.10. The quantitative estimate of drug-likeness (QED) is 0.512. The fourth-order valence-electron chi connectivity index (χ4n) is 2.94. The molecular formula is C24H24N4O4. The first-order chi connectivity index (χ1) is 15.4. The summed E-state index contributed by atoms with van der Waals surface area (Å²) in [6, 6.07) is 12.7. The van der Waals surface area contributed by atoms with Crippen LogP contribution in [-0.4, -0.2) is 29.8 Å². The van der Waals surface area contributed by atoms with Gasteiger partial charge in [0.2, 0.25) is 5.91 Å². The van der Waals surface area contributed by atoms with Gasteiger partial charge in [0.15, 0.2) is 23.9 Å². The molecule has 0 fully saturated rings. The third-order valence-electron chi connectivity index (χ3n) is 4.62. The lowest BCUT2D eigenvalue weighted by Gasteiger charge is -2.10. The van der Waals surface area contributed by atoms with Crippen molar-refractivity contribution in [1.29, 1.82) is 5.26 Å². The molecular weight excluding hydrogens is 408 g/mol. The second-order valence-electron chi connectivity index (χ2n) is 7.29. The van der Waals surface area contributed by atoms with E-state index < -0.39 is 0 Å². The van der Waals surface area contributed by atoms with Gasteiger partial charge >= 0.3 is 0 Å². The lowest BCUT2D eigenvalue weighted by atomic mass is 10.1. The van der Waals surface area contributed by atoms with Gasteiger partial charge in [0.1, 0.15) is 6.07 Å². The molecule has 0 aliphatic rings. The number of methoxy groups -OCH3 is 1. The molecule has 1 heterocycles. The summed E-state index contributed by atoms with van der Waals surface area (Å²) >= 11 is 0. The van der Waals surface area contributed by atoms with E-state index in [2.05, 4.69) is 15.5 Å². The van der Waals surface area contributed by atoms with Crippen LogP contribution >= 0.6 is 0 Å². The maximum absolute atomic E-state index is 12.6. The number of para-hydroxylation sites is 1. The van der Waals surface area contributed by atoms with Crippen molar-refractivity contribution in [2.24, 2.45) is 0 Å². The average molecular weight is 432 g/mol. The topological polar surface area (TPSA) is 110 Å². The maximum Gasteiger partial charge on any atom is 0.260 e. The van der Waals surface area contributed by atoms with Crippen molar-refractivity contribution >= 4 is 17.7 Å². The zero-order chi connectivity index (χ0) is 23.1. The highest BCUT2D eigenvalue weighted by atomic mass is 16.5. The second kappa shape index (κ2) is 10.3. The summed E-state index contributed by atoms with van der Waals surface area (Å²) in [5, 5.41) is 15.6. The Bertz CT molecular complexity index is 1170. The minimum Gasteiger partial charge on any atom is -0.493 e. The summed E-state index contributed by atoms with van der Waals surface area (Å²) in [5.41, 5.74) is 2.88. The van der Waals surface area contributed by atoms with Crippen LogP contribution in [0.3, 0.4) is 0 Å². The van der Waals surface area contributed by atoms with E-state index in [-0.39, 0.29) is 18.4 Å². The molecule has 0 radical (unpaired) electrons. The summed E-state index contributed by atoms with van der Waals surface area (Å²) in [5.74, 6) is 1.71. The van der Waals surface area contributed by atoms with Crippen molar-refractivity contribution in [3.05, 3.63) is 59.4 Å². The first kappa shape index (κ1) is 22.6. The molecule has 0 bridgehead atoms. The number of nitrogens with zero attached hydrogens (tertiary/aromatic N) is 3. The van der Waals surface area contributed by atoms with Gasteiger partial charge in [-0.3, -0.25) is 4.79 Å². The molecule has 0 spiro atoms. The minimum absolute atomic E-state index is 0.0780. The standard InChI is InChI=1S/C24H24N4O4/c1-15(2)23-27-24(32-28-23)18-7-5-6-16(3)22(18)26-21(29)11-9-17-8-10-19(31-13-12-25)20(14-17)30-4/h5-11,14-15H,13H2,1-4H3,(H,26,29)/b11-9+. The number of amides is 1. The van der Waals surface area contributed by atoms with E-state index in [1.807, 2.05) is 45.0 Å². The van der Waals surface area contributed by atoms with Gasteiger partial charge in [-0.25, -0.2) is 0 Å². The van der Waals surface area contributed by atoms with Gasteiger partial charge in [-0.1, -0.05) is 37.2 Å². The Morgan fingerprint density at radius 3 is 2.78 bits per heavy atom. The number of rotatable bonds is 8. The van der Waals surface area contributed by atoms with Crippen LogP contribution in [0, 0.1) is 18.3 Å². The molecule has 32 heavy (non-hydrogen) atoms. The summed E-state index contributed by atoms with van der Waals surface area (Å²) in [6.45, 7) is 5.78. The number of ether oxygens (including phenoxy) is 2. The highest BCUT2D eigenvalue weighted by Gasteiger charge is 2.17. The Balaban J connectivity index is 1.79. The third-order valence-corrected chi connectivity index (χ3v) is 4.62. The fourth-order valence-corrected chi connectivity index (χ4v) is 2.94. The van der Waals surface area contributed by atoms with Gasteiger partial charge < -0.3 is 19.3 Å². The molecule has 8 heteroatoms. The van der Waals surface area contributed by atoms with Gasteiger partial charge in [0.25, 0.3) is 5.89 Å². The number of aryl methyl sites for hydroxylation is 1. The van der Waals surface area contributed by atoms with Crippen LogP contribution < -0.4 is 14.8 Å². The highest BCUT2D eigenvalue weighted by Crippen LogP contribution is 2.31. The van der Waals surface area contributed by atoms with Gasteiger partial charge in [-0.2, -0.15) is 10.2 Å². The predicted octanol–water partition coefficient (Wildman–Crippen LogP) is 4.73. The Morgan fingerprint density at radius 1 is 1.28 bits per heavy atom. The van der Waals surface area contributed by atoms with Crippen molar-refractivity contribution in [3.8, 4) is 29.0 Å². The van der Waals surface area contributed by atoms with Crippen LogP contribution in [0.1, 0.15) is 36.7 Å². The van der Waals surface area contributed by atoms with Crippen LogP contribution in [0.4, 0.5) is 5.69 Å². The third kappa shape index (κ3) is 5.32. The molecule has 0 unspecified atom stereocenters. The zero-order valence-corrected chi connectivity index (χ0v) is 18.4. The molecule has 8 nitrogen and oxygen atoms in total. The SMILES string of the molecule is COc1cc(/C=C/C(=O)Nc2c(C)cccc2-c2nc(C(C)C)no2)ccc1OCC#N. The molecule has 164 valence electrons. The van der Waals surface area contributed by atoms with Crippen LogP contribution in [-0.2, 0) is 4.79 Å². The van der Waals surface area contributed by atoms with Crippen LogP contribution in [0.25, 0.3) is 17.5 Å². The molecule has 0 aliphatic heterocycles. The van der Waals surface area contributed by atoms with E-state index in [4.69, 9.17) is 19.3 Å². The zero-order valence-electron chi connectivity index (χ0n) is 18.4. The Labute approximate surface area is 186 Å². The molecule has 0 saturated heterocycles. The van der Waals surface area contributed by atoms with E-state index in [1.54, 1.807) is 24.3 Å². The summed E-state index contributed by atoms with van der Waals surface area (Å²) in [7, 11) is 1.51. The van der Waals surface area contributed by atoms with E-state index in [0.29, 0.717) is 34.5 Å². The Hall–Kier alpha value is -4.12. The maximum atomic E-state index is 12.6. The molecule has 1 N–H and O–H groups in total. The van der Waals surface area contributed by atoms with Gasteiger partial charge in [0, 0.05) is 12.0 Å². The number of hydrogen-bond donors (Lipinski definition) is 1. The Kier molecular flexibility index (Phi) is 7.24. The molecule has 2 aromatic carbocycles. The molecule has 1 amide bonds. The van der Waals surface area contributed by atoms with E-state index in [0.717, 1.165) is 11.1 Å². The van der Waals surface area contributed by atoms with Gasteiger partial charge in [-0.05, 0) is 42.3 Å². The largest absolute Gasteiger partial charge is 0.493 e. The van der Waals surface area contributed by atoms with Gasteiger partial charge in [0.05, 0.1) is 18.4 Å². The smallest absolute Gasteiger partial charge is 0.260 e. The number of anilines is 1. The molecule has 0 aliphatic carbocycles. The van der Waals surface area contributed by atoms with E-state index in [9.17, 15) is 4.79 Å². The monoisotopic (exact) mass is 432 g/mol. The van der Waals surface area contributed by atoms with Gasteiger partial charge in [-0.15, -0.1) is 0 Å². The van der Waals surface area contributed by atoms with Crippen molar-refractivity contribution in [1.82, 2.24) is 10.1 Å². The van der Waals surface area contributed by atoms with Crippen LogP contribution in [0.15, 0.2) is 47.0 Å². The number of carbonyl (C=O) groups excluding carboxylic acids is 1. The summed E-state index contributed by atoms with van der Waals surface area (Å²) in [4.78, 5) is 17.1. The number of nitrogens with one attached hydrogen (secondary N) is 1. The number of nitriles is 1. The number of hydrogen-bond acceptors (Lipinski definition) is 7. The van der Waals surface area contributed by atoms with E-state index >= 15 is 0 Å². The average Bonchev–Trinajstić information content (AvgIpc) is 3.28. The Morgan fingerprint density at radius 2 is 2.09 bits per heavy atom.